The maximum atomic E-state index is 12.0. The van der Waals surface area contributed by atoms with Crippen molar-refractivity contribution in [2.45, 2.75) is 51.2 Å². The number of nitrogens with one attached hydrogen (secondary N) is 1. The number of carbonyl (C=O) groups excluding carboxylic acids is 1. The number of aliphatic hydroxyl groups excluding tert-OH is 1. The lowest BCUT2D eigenvalue weighted by atomic mass is 9.75. The third-order valence-electron chi connectivity index (χ3n) is 4.02. The van der Waals surface area contributed by atoms with Gasteiger partial charge in [0, 0.05) is 18.7 Å². The molecule has 5 heteroatoms. The summed E-state index contributed by atoms with van der Waals surface area (Å²) in [7, 11) is 1.58. The molecule has 1 aromatic rings. The number of unbranched alkanes of at least 4 members (excludes halogenated alkanes) is 1. The summed E-state index contributed by atoms with van der Waals surface area (Å²) in [6.45, 7) is 2.07. The number of methoxy groups -OCH3 is 1. The second kappa shape index (κ2) is 7.41. The van der Waals surface area contributed by atoms with Gasteiger partial charge in [-0.2, -0.15) is 0 Å². The Morgan fingerprint density at radius 3 is 2.81 bits per heavy atom. The lowest BCUT2D eigenvalue weighted by Gasteiger charge is -2.38. The Labute approximate surface area is 125 Å². The minimum atomic E-state index is -0.240. The largest absolute Gasteiger partial charge is 0.481 e. The van der Waals surface area contributed by atoms with Gasteiger partial charge in [-0.05, 0) is 30.7 Å². The van der Waals surface area contributed by atoms with Gasteiger partial charge in [-0.3, -0.25) is 4.79 Å². The molecule has 1 atom stereocenters. The predicted octanol–water partition coefficient (Wildman–Crippen LogP) is 2.21. The molecular formula is C16H24N2O3. The predicted molar refractivity (Wildman–Crippen MR) is 79.9 cm³/mol. The van der Waals surface area contributed by atoms with E-state index >= 15 is 0 Å². The molecule has 1 aliphatic carbocycles. The van der Waals surface area contributed by atoms with Crippen LogP contribution in [0.15, 0.2) is 18.3 Å². The lowest BCUT2D eigenvalue weighted by molar-refractivity contribution is -0.123. The number of nitrogens with zero attached hydrogens (tertiary/aromatic N) is 1. The second-order valence-electron chi connectivity index (χ2n) is 5.67. The molecule has 0 bridgehead atoms. The maximum Gasteiger partial charge on any atom is 0.220 e. The average molecular weight is 292 g/mol. The van der Waals surface area contributed by atoms with E-state index in [0.717, 1.165) is 31.2 Å². The third kappa shape index (κ3) is 4.17. The van der Waals surface area contributed by atoms with Crippen LogP contribution in [0, 0.1) is 5.92 Å². The quantitative estimate of drug-likeness (QED) is 0.808. The smallest absolute Gasteiger partial charge is 0.220 e. The molecule has 1 aromatic heterocycles. The van der Waals surface area contributed by atoms with Gasteiger partial charge in [0.05, 0.1) is 19.3 Å². The van der Waals surface area contributed by atoms with E-state index in [1.165, 1.54) is 0 Å². The molecule has 1 fully saturated rings. The number of pyridine rings is 1. The molecule has 0 saturated heterocycles. The molecule has 0 aliphatic heterocycles. The Morgan fingerprint density at radius 1 is 1.52 bits per heavy atom. The zero-order valence-electron chi connectivity index (χ0n) is 12.7. The number of amides is 1. The molecule has 21 heavy (non-hydrogen) atoms. The van der Waals surface area contributed by atoms with Crippen LogP contribution < -0.4 is 10.1 Å². The van der Waals surface area contributed by atoms with Crippen molar-refractivity contribution in [1.29, 1.82) is 0 Å². The monoisotopic (exact) mass is 292 g/mol. The fraction of sp³-hybridized carbons (Fsp3) is 0.625. The SMILES string of the molecule is CCCCC(=O)N[C@H](c1ccc(OC)nc1)C1CC(O)C1. The zero-order chi connectivity index (χ0) is 15.2. The summed E-state index contributed by atoms with van der Waals surface area (Å²) in [5.74, 6) is 0.906. The highest BCUT2D eigenvalue weighted by molar-refractivity contribution is 5.76. The van der Waals surface area contributed by atoms with Crippen molar-refractivity contribution in [3.63, 3.8) is 0 Å². The first-order chi connectivity index (χ1) is 10.1. The van der Waals surface area contributed by atoms with E-state index in [2.05, 4.69) is 17.2 Å². The molecule has 0 spiro atoms. The number of carbonyl (C=O) groups is 1. The van der Waals surface area contributed by atoms with E-state index in [9.17, 15) is 9.90 Å². The normalized spacial score (nSPS) is 22.2. The summed E-state index contributed by atoms with van der Waals surface area (Å²) in [5, 5.41) is 12.6. The molecule has 2 N–H and O–H groups in total. The van der Waals surface area contributed by atoms with Crippen molar-refractivity contribution in [3.8, 4) is 5.88 Å². The highest BCUT2D eigenvalue weighted by Crippen LogP contribution is 2.38. The molecule has 1 amide bonds. The minimum Gasteiger partial charge on any atom is -0.481 e. The van der Waals surface area contributed by atoms with Crippen LogP contribution in [0.25, 0.3) is 0 Å². The third-order valence-corrected chi connectivity index (χ3v) is 4.02. The second-order valence-corrected chi connectivity index (χ2v) is 5.67. The van der Waals surface area contributed by atoms with Crippen LogP contribution in [0.1, 0.15) is 50.6 Å². The van der Waals surface area contributed by atoms with Crippen LogP contribution in [-0.4, -0.2) is 29.2 Å². The minimum absolute atomic E-state index is 0.0686. The molecule has 5 nitrogen and oxygen atoms in total. The van der Waals surface area contributed by atoms with Gasteiger partial charge >= 0.3 is 0 Å². The summed E-state index contributed by atoms with van der Waals surface area (Å²) < 4.78 is 5.06. The molecule has 0 aromatic carbocycles. The summed E-state index contributed by atoms with van der Waals surface area (Å²) in [6, 6.07) is 3.66. The number of rotatable bonds is 7. The van der Waals surface area contributed by atoms with Crippen LogP contribution in [0.5, 0.6) is 5.88 Å². The Balaban J connectivity index is 2.05. The molecular weight excluding hydrogens is 268 g/mol. The van der Waals surface area contributed by atoms with E-state index in [-0.39, 0.29) is 24.0 Å². The molecule has 1 aliphatic rings. The van der Waals surface area contributed by atoms with Crippen LogP contribution in [0.4, 0.5) is 0 Å². The summed E-state index contributed by atoms with van der Waals surface area (Å²) in [4.78, 5) is 16.2. The van der Waals surface area contributed by atoms with Crippen LogP contribution in [0.3, 0.4) is 0 Å². The summed E-state index contributed by atoms with van der Waals surface area (Å²) in [6.07, 6.45) is 5.41. The first-order valence-electron chi connectivity index (χ1n) is 7.61. The average Bonchev–Trinajstić information content (AvgIpc) is 2.48. The fourth-order valence-corrected chi connectivity index (χ4v) is 2.65. The summed E-state index contributed by atoms with van der Waals surface area (Å²) >= 11 is 0. The maximum absolute atomic E-state index is 12.0. The highest BCUT2D eigenvalue weighted by atomic mass is 16.5. The first kappa shape index (κ1) is 15.8. The molecule has 1 heterocycles. The fourth-order valence-electron chi connectivity index (χ4n) is 2.65. The Bertz CT molecular complexity index is 455. The van der Waals surface area contributed by atoms with Gasteiger partial charge in [0.25, 0.3) is 0 Å². The van der Waals surface area contributed by atoms with E-state index in [0.29, 0.717) is 12.3 Å². The van der Waals surface area contributed by atoms with Crippen LogP contribution in [0.2, 0.25) is 0 Å². The standard InChI is InChI=1S/C16H24N2O3/c1-3-4-5-14(20)18-16(12-8-13(19)9-12)11-6-7-15(21-2)17-10-11/h6-7,10,12-13,16,19H,3-5,8-9H2,1-2H3,(H,18,20)/t12?,13?,16-/m1/s1. The Morgan fingerprint density at radius 2 is 2.29 bits per heavy atom. The van der Waals surface area contributed by atoms with Gasteiger partial charge in [0.15, 0.2) is 0 Å². The molecule has 2 rings (SSSR count). The van der Waals surface area contributed by atoms with Crippen LogP contribution in [-0.2, 0) is 4.79 Å². The number of aromatic nitrogens is 1. The van der Waals surface area contributed by atoms with Crippen molar-refractivity contribution in [3.05, 3.63) is 23.9 Å². The Hall–Kier alpha value is -1.62. The van der Waals surface area contributed by atoms with Crippen molar-refractivity contribution in [2.24, 2.45) is 5.92 Å². The van der Waals surface area contributed by atoms with Gasteiger partial charge in [0.2, 0.25) is 11.8 Å². The molecule has 116 valence electrons. The first-order valence-corrected chi connectivity index (χ1v) is 7.61. The van der Waals surface area contributed by atoms with Crippen molar-refractivity contribution in [1.82, 2.24) is 10.3 Å². The number of aliphatic hydroxyl groups is 1. The Kier molecular flexibility index (Phi) is 5.56. The highest BCUT2D eigenvalue weighted by Gasteiger charge is 2.35. The molecule has 0 radical (unpaired) electrons. The van der Waals surface area contributed by atoms with Gasteiger partial charge in [-0.25, -0.2) is 4.98 Å². The van der Waals surface area contributed by atoms with Crippen molar-refractivity contribution >= 4 is 5.91 Å². The molecule has 1 saturated carbocycles. The van der Waals surface area contributed by atoms with Crippen LogP contribution >= 0.6 is 0 Å². The van der Waals surface area contributed by atoms with Crippen molar-refractivity contribution < 1.29 is 14.6 Å². The summed E-state index contributed by atoms with van der Waals surface area (Å²) in [5.41, 5.74) is 0.970. The van der Waals surface area contributed by atoms with Gasteiger partial charge in [-0.1, -0.05) is 19.4 Å². The van der Waals surface area contributed by atoms with E-state index in [1.54, 1.807) is 19.4 Å². The van der Waals surface area contributed by atoms with Gasteiger partial charge < -0.3 is 15.2 Å². The van der Waals surface area contributed by atoms with Gasteiger partial charge in [0.1, 0.15) is 0 Å². The number of ether oxygens (including phenoxy) is 1. The number of hydrogen-bond donors (Lipinski definition) is 2. The lowest BCUT2D eigenvalue weighted by Crippen LogP contribution is -2.41. The van der Waals surface area contributed by atoms with Crippen molar-refractivity contribution in [2.75, 3.05) is 7.11 Å². The van der Waals surface area contributed by atoms with E-state index in [4.69, 9.17) is 4.74 Å². The zero-order valence-corrected chi connectivity index (χ0v) is 12.7. The van der Waals surface area contributed by atoms with E-state index in [1.807, 2.05) is 6.07 Å². The molecule has 0 unspecified atom stereocenters. The van der Waals surface area contributed by atoms with E-state index < -0.39 is 0 Å². The topological polar surface area (TPSA) is 71.5 Å². The van der Waals surface area contributed by atoms with Gasteiger partial charge in [-0.15, -0.1) is 0 Å². The number of hydrogen-bond acceptors (Lipinski definition) is 4.